The molecule has 0 saturated carbocycles. The van der Waals surface area contributed by atoms with Crippen molar-refractivity contribution in [3.8, 4) is 0 Å². The van der Waals surface area contributed by atoms with Gasteiger partial charge in [0.1, 0.15) is 5.60 Å². The van der Waals surface area contributed by atoms with Gasteiger partial charge in [0, 0.05) is 31.4 Å². The van der Waals surface area contributed by atoms with Crippen molar-refractivity contribution >= 4 is 14.4 Å². The van der Waals surface area contributed by atoms with E-state index in [0.29, 0.717) is 13.2 Å². The van der Waals surface area contributed by atoms with E-state index in [0.717, 1.165) is 31.4 Å². The van der Waals surface area contributed by atoms with E-state index in [-0.39, 0.29) is 30.5 Å². The second-order valence-electron chi connectivity index (χ2n) is 13.9. The fourth-order valence-corrected chi connectivity index (χ4v) is 11.0. The van der Waals surface area contributed by atoms with Crippen molar-refractivity contribution in [1.82, 2.24) is 4.90 Å². The molecule has 0 aromatic heterocycles. The van der Waals surface area contributed by atoms with E-state index in [1.807, 2.05) is 25.7 Å². The quantitative estimate of drug-likeness (QED) is 0.206. The van der Waals surface area contributed by atoms with Crippen LogP contribution in [0.2, 0.25) is 13.1 Å². The monoisotopic (exact) mass is 611 g/mol. The Morgan fingerprint density at radius 1 is 0.864 bits per heavy atom. The maximum absolute atomic E-state index is 13.3. The molecule has 6 heteroatoms. The smallest absolute Gasteiger partial charge is 0.414 e. The molecule has 1 fully saturated rings. The third-order valence-electron chi connectivity index (χ3n) is 9.60. The fraction of sp³-hybridized carbons (Fsp3) is 0.447. The Balaban J connectivity index is 1.49. The van der Waals surface area contributed by atoms with Gasteiger partial charge in [-0.2, -0.15) is 0 Å². The summed E-state index contributed by atoms with van der Waals surface area (Å²) in [6, 6.07) is 32.4. The molecule has 1 saturated heterocycles. The number of ether oxygens (including phenoxy) is 1. The fourth-order valence-electron chi connectivity index (χ4n) is 7.59. The SMILES string of the molecule is CC(C)(C)OC(=O)N1CCCC[C@@H]2C1=CC[C@H](CO[Si](C)(C)C(c1ccccc1)(c1ccccc1)c1ccccc1)[C@H]2CO. The van der Waals surface area contributed by atoms with Crippen LogP contribution in [-0.2, 0) is 14.2 Å². The highest BCUT2D eigenvalue weighted by Crippen LogP contribution is 2.48. The summed E-state index contributed by atoms with van der Waals surface area (Å²) in [6.45, 7) is 11.7. The summed E-state index contributed by atoms with van der Waals surface area (Å²) >= 11 is 0. The lowest BCUT2D eigenvalue weighted by atomic mass is 9.73. The molecule has 1 amide bonds. The number of hydrogen-bond acceptors (Lipinski definition) is 4. The topological polar surface area (TPSA) is 59.0 Å². The summed E-state index contributed by atoms with van der Waals surface area (Å²) in [5.74, 6) is 0.269. The average Bonchev–Trinajstić information content (AvgIpc) is 3.24. The van der Waals surface area contributed by atoms with E-state index in [1.54, 1.807) is 0 Å². The van der Waals surface area contributed by atoms with Crippen molar-refractivity contribution in [3.05, 3.63) is 119 Å². The third kappa shape index (κ3) is 6.44. The van der Waals surface area contributed by atoms with E-state index in [2.05, 4.69) is 110 Å². The first-order valence-electron chi connectivity index (χ1n) is 16.2. The first-order valence-corrected chi connectivity index (χ1v) is 19.1. The molecule has 3 aromatic carbocycles. The maximum atomic E-state index is 13.3. The van der Waals surface area contributed by atoms with Gasteiger partial charge in [0.15, 0.2) is 0 Å². The van der Waals surface area contributed by atoms with Crippen molar-refractivity contribution in [2.75, 3.05) is 19.8 Å². The Morgan fingerprint density at radius 3 is 1.86 bits per heavy atom. The molecule has 0 spiro atoms. The zero-order valence-corrected chi connectivity index (χ0v) is 28.0. The molecule has 1 N–H and O–H groups in total. The van der Waals surface area contributed by atoms with Crippen molar-refractivity contribution in [2.24, 2.45) is 17.8 Å². The number of nitrogens with zero attached hydrogens (tertiary/aromatic N) is 1. The minimum Gasteiger partial charge on any atom is -0.443 e. The third-order valence-corrected chi connectivity index (χ3v) is 13.2. The summed E-state index contributed by atoms with van der Waals surface area (Å²) in [6.07, 6.45) is 5.61. The van der Waals surface area contributed by atoms with Crippen LogP contribution in [0.4, 0.5) is 4.79 Å². The lowest BCUT2D eigenvalue weighted by Crippen LogP contribution is -2.56. The van der Waals surface area contributed by atoms with Crippen LogP contribution in [0.1, 0.15) is 63.1 Å². The summed E-state index contributed by atoms with van der Waals surface area (Å²) in [5.41, 5.74) is 4.16. The van der Waals surface area contributed by atoms with Crippen LogP contribution in [0, 0.1) is 17.8 Å². The van der Waals surface area contributed by atoms with Gasteiger partial charge >= 0.3 is 6.09 Å². The average molecular weight is 612 g/mol. The lowest BCUT2D eigenvalue weighted by Gasteiger charge is -2.48. The molecule has 1 aliphatic carbocycles. The van der Waals surface area contributed by atoms with Gasteiger partial charge in [0.2, 0.25) is 8.32 Å². The molecule has 0 bridgehead atoms. The Morgan fingerprint density at radius 2 is 1.39 bits per heavy atom. The van der Waals surface area contributed by atoms with Gasteiger partial charge in [-0.05, 0) is 81.7 Å². The van der Waals surface area contributed by atoms with Gasteiger partial charge in [-0.15, -0.1) is 0 Å². The van der Waals surface area contributed by atoms with Crippen molar-refractivity contribution in [3.63, 3.8) is 0 Å². The van der Waals surface area contributed by atoms with Crippen LogP contribution in [0.5, 0.6) is 0 Å². The second-order valence-corrected chi connectivity index (χ2v) is 17.9. The van der Waals surface area contributed by atoms with Crippen molar-refractivity contribution in [1.29, 1.82) is 0 Å². The zero-order valence-electron chi connectivity index (χ0n) is 27.0. The van der Waals surface area contributed by atoms with E-state index >= 15 is 0 Å². The predicted molar refractivity (Wildman–Crippen MR) is 180 cm³/mol. The minimum atomic E-state index is -2.63. The number of benzene rings is 3. The predicted octanol–water partition coefficient (Wildman–Crippen LogP) is 8.33. The Kier molecular flexibility index (Phi) is 9.83. The van der Waals surface area contributed by atoms with E-state index < -0.39 is 19.0 Å². The van der Waals surface area contributed by atoms with E-state index in [9.17, 15) is 9.90 Å². The van der Waals surface area contributed by atoms with Crippen LogP contribution in [0.25, 0.3) is 0 Å². The Labute approximate surface area is 265 Å². The number of allylic oxidation sites excluding steroid dienone is 2. The number of fused-ring (bicyclic) bond motifs is 1. The summed E-state index contributed by atoms with van der Waals surface area (Å²) < 4.78 is 13.1. The number of aliphatic hydroxyl groups is 1. The van der Waals surface area contributed by atoms with Gasteiger partial charge in [-0.3, -0.25) is 4.90 Å². The summed E-state index contributed by atoms with van der Waals surface area (Å²) in [4.78, 5) is 15.1. The van der Waals surface area contributed by atoms with Crippen LogP contribution in [-0.4, -0.2) is 49.8 Å². The highest BCUT2D eigenvalue weighted by atomic mass is 28.4. The molecule has 2 aliphatic rings. The molecule has 1 aliphatic heterocycles. The molecular formula is C38H49NO4Si. The number of carbonyl (C=O) groups is 1. The molecular weight excluding hydrogens is 563 g/mol. The van der Waals surface area contributed by atoms with Gasteiger partial charge in [0.05, 0.1) is 5.04 Å². The van der Waals surface area contributed by atoms with Crippen LogP contribution in [0.3, 0.4) is 0 Å². The molecule has 1 heterocycles. The molecule has 3 aromatic rings. The highest BCUT2D eigenvalue weighted by molar-refractivity contribution is 6.76. The first kappa shape index (κ1) is 32.2. The Bertz CT molecular complexity index is 1300. The summed E-state index contributed by atoms with van der Waals surface area (Å²) in [5, 5.41) is 10.4. The maximum Gasteiger partial charge on any atom is 0.414 e. The van der Waals surface area contributed by atoms with Gasteiger partial charge < -0.3 is 14.3 Å². The van der Waals surface area contributed by atoms with Gasteiger partial charge in [-0.1, -0.05) is 103 Å². The molecule has 44 heavy (non-hydrogen) atoms. The van der Waals surface area contributed by atoms with E-state index in [1.165, 1.54) is 16.7 Å². The molecule has 0 unspecified atom stereocenters. The summed E-state index contributed by atoms with van der Waals surface area (Å²) in [7, 11) is -2.63. The molecule has 5 rings (SSSR count). The Hall–Kier alpha value is -3.19. The number of likely N-dealkylation sites (tertiary alicyclic amines) is 1. The first-order chi connectivity index (χ1) is 21.1. The standard InChI is InChI=1S/C38H49NO4Si/c1-37(2,3)43-36(41)39-26-16-15-23-33-34(27-40)29(24-25-35(33)39)28-42-44(4,5)38(30-17-9-6-10-18-30,31-19-11-7-12-20-31)32-21-13-8-14-22-32/h6-14,17-22,25,29,33-34,40H,15-16,23-24,26-28H2,1-5H3/t29-,33+,34-/m1/s1. The number of rotatable bonds is 8. The molecule has 234 valence electrons. The minimum absolute atomic E-state index is 0.0161. The highest BCUT2D eigenvalue weighted by Gasteiger charge is 2.53. The lowest BCUT2D eigenvalue weighted by molar-refractivity contribution is 0.0242. The second kappa shape index (κ2) is 13.4. The number of carbonyl (C=O) groups excluding carboxylic acids is 1. The number of hydrogen-bond donors (Lipinski definition) is 1. The van der Waals surface area contributed by atoms with Crippen molar-refractivity contribution in [2.45, 2.75) is 70.2 Å². The normalized spacial score (nSPS) is 21.2. The largest absolute Gasteiger partial charge is 0.443 e. The van der Waals surface area contributed by atoms with Gasteiger partial charge in [0.25, 0.3) is 0 Å². The molecule has 3 atom stereocenters. The molecule has 0 radical (unpaired) electrons. The van der Waals surface area contributed by atoms with Crippen LogP contribution >= 0.6 is 0 Å². The number of aliphatic hydroxyl groups excluding tert-OH is 1. The van der Waals surface area contributed by atoms with Gasteiger partial charge in [-0.25, -0.2) is 4.79 Å². The van der Waals surface area contributed by atoms with Crippen molar-refractivity contribution < 1.29 is 19.1 Å². The van der Waals surface area contributed by atoms with E-state index in [4.69, 9.17) is 9.16 Å². The number of amides is 1. The van der Waals surface area contributed by atoms with Crippen LogP contribution in [0.15, 0.2) is 103 Å². The zero-order chi connectivity index (χ0) is 31.4. The van der Waals surface area contributed by atoms with Crippen LogP contribution < -0.4 is 0 Å². The molecule has 5 nitrogen and oxygen atoms in total.